The Labute approximate surface area is 183 Å². The minimum absolute atomic E-state index is 0.0625. The zero-order valence-corrected chi connectivity index (χ0v) is 18.8. The molecule has 2 aromatic rings. The Bertz CT molecular complexity index is 800. The fraction of sp³-hybridized carbons (Fsp3) is 0.391. The van der Waals surface area contributed by atoms with Gasteiger partial charge in [0.25, 0.3) is 0 Å². The Morgan fingerprint density at radius 3 is 2.31 bits per heavy atom. The van der Waals surface area contributed by atoms with Gasteiger partial charge < -0.3 is 10.2 Å². The van der Waals surface area contributed by atoms with Crippen molar-refractivity contribution in [2.24, 2.45) is 0 Å². The SMILES string of the molecule is CC[C@H](C)NC(=O)[C@H](CC)N(Cc1ccccc1Cl)C(=O)CSc1ccccc1. The van der Waals surface area contributed by atoms with E-state index in [2.05, 4.69) is 5.32 Å². The number of thioether (sulfide) groups is 1. The second-order valence-electron chi connectivity index (χ2n) is 6.96. The molecular weight excluding hydrogens is 404 g/mol. The first-order valence-electron chi connectivity index (χ1n) is 9.97. The average Bonchev–Trinajstić information content (AvgIpc) is 2.73. The van der Waals surface area contributed by atoms with Gasteiger partial charge in [0.2, 0.25) is 11.8 Å². The van der Waals surface area contributed by atoms with Gasteiger partial charge in [-0.3, -0.25) is 9.59 Å². The molecule has 2 amide bonds. The maximum atomic E-state index is 13.2. The first-order chi connectivity index (χ1) is 14.0. The van der Waals surface area contributed by atoms with Gasteiger partial charge in [-0.1, -0.05) is 61.8 Å². The number of nitrogens with one attached hydrogen (secondary N) is 1. The molecule has 0 aromatic heterocycles. The van der Waals surface area contributed by atoms with Gasteiger partial charge in [-0.05, 0) is 43.5 Å². The lowest BCUT2D eigenvalue weighted by molar-refractivity contribution is -0.139. The lowest BCUT2D eigenvalue weighted by Crippen LogP contribution is -2.51. The summed E-state index contributed by atoms with van der Waals surface area (Å²) < 4.78 is 0. The number of hydrogen-bond donors (Lipinski definition) is 1. The summed E-state index contributed by atoms with van der Waals surface area (Å²) in [6.07, 6.45) is 1.37. The maximum absolute atomic E-state index is 13.2. The van der Waals surface area contributed by atoms with Gasteiger partial charge in [-0.15, -0.1) is 11.8 Å². The van der Waals surface area contributed by atoms with Crippen molar-refractivity contribution in [2.45, 2.75) is 57.1 Å². The van der Waals surface area contributed by atoms with Crippen LogP contribution in [0.2, 0.25) is 5.02 Å². The predicted molar refractivity (Wildman–Crippen MR) is 121 cm³/mol. The summed E-state index contributed by atoms with van der Waals surface area (Å²) in [5.74, 6) is 0.0681. The van der Waals surface area contributed by atoms with Crippen LogP contribution in [-0.2, 0) is 16.1 Å². The Morgan fingerprint density at radius 1 is 1.03 bits per heavy atom. The van der Waals surface area contributed by atoms with Crippen LogP contribution in [-0.4, -0.2) is 34.6 Å². The third-order valence-electron chi connectivity index (χ3n) is 4.79. The third kappa shape index (κ3) is 7.09. The molecule has 2 aromatic carbocycles. The van der Waals surface area contributed by atoms with Crippen molar-refractivity contribution in [2.75, 3.05) is 5.75 Å². The monoisotopic (exact) mass is 432 g/mol. The quantitative estimate of drug-likeness (QED) is 0.528. The Balaban J connectivity index is 2.22. The van der Waals surface area contributed by atoms with E-state index < -0.39 is 6.04 Å². The molecule has 0 saturated carbocycles. The molecule has 0 bridgehead atoms. The van der Waals surface area contributed by atoms with E-state index in [-0.39, 0.29) is 23.6 Å². The van der Waals surface area contributed by atoms with Crippen LogP contribution < -0.4 is 5.32 Å². The van der Waals surface area contributed by atoms with E-state index in [1.165, 1.54) is 11.8 Å². The summed E-state index contributed by atoms with van der Waals surface area (Å²) >= 11 is 7.81. The standard InChI is InChI=1S/C23H29ClN2O2S/c1-4-17(3)25-23(28)21(5-2)26(15-18-11-9-10-14-20(18)24)22(27)16-29-19-12-7-6-8-13-19/h6-14,17,21H,4-5,15-16H2,1-3H3,(H,25,28)/t17-,21-/m0/s1. The average molecular weight is 433 g/mol. The minimum atomic E-state index is -0.538. The van der Waals surface area contributed by atoms with E-state index in [4.69, 9.17) is 11.6 Å². The highest BCUT2D eigenvalue weighted by Gasteiger charge is 2.29. The lowest BCUT2D eigenvalue weighted by atomic mass is 10.1. The highest BCUT2D eigenvalue weighted by atomic mass is 35.5. The molecular formula is C23H29ClN2O2S. The molecule has 0 radical (unpaired) electrons. The van der Waals surface area contributed by atoms with Gasteiger partial charge in [-0.25, -0.2) is 0 Å². The van der Waals surface area contributed by atoms with Gasteiger partial charge in [0.15, 0.2) is 0 Å². The summed E-state index contributed by atoms with van der Waals surface area (Å²) in [6, 6.07) is 16.8. The second kappa shape index (κ2) is 11.9. The topological polar surface area (TPSA) is 49.4 Å². The predicted octanol–water partition coefficient (Wildman–Crippen LogP) is 5.15. The molecule has 2 atom stereocenters. The van der Waals surface area contributed by atoms with Gasteiger partial charge in [0.1, 0.15) is 6.04 Å². The number of carbonyl (C=O) groups excluding carboxylic acids is 2. The molecule has 0 heterocycles. The summed E-state index contributed by atoms with van der Waals surface area (Å²) in [5.41, 5.74) is 0.835. The lowest BCUT2D eigenvalue weighted by Gasteiger charge is -2.31. The molecule has 0 saturated heterocycles. The Morgan fingerprint density at radius 2 is 1.69 bits per heavy atom. The number of hydrogen-bond acceptors (Lipinski definition) is 3. The zero-order chi connectivity index (χ0) is 21.2. The van der Waals surface area contributed by atoms with Crippen LogP contribution in [0.4, 0.5) is 0 Å². The molecule has 29 heavy (non-hydrogen) atoms. The molecule has 0 aliphatic heterocycles. The molecule has 0 spiro atoms. The smallest absolute Gasteiger partial charge is 0.243 e. The van der Waals surface area contributed by atoms with Crippen LogP contribution in [0.5, 0.6) is 0 Å². The van der Waals surface area contributed by atoms with Crippen molar-refractivity contribution in [3.8, 4) is 0 Å². The van der Waals surface area contributed by atoms with Crippen LogP contribution in [0.1, 0.15) is 39.2 Å². The number of halogens is 1. The summed E-state index contributed by atoms with van der Waals surface area (Å²) in [4.78, 5) is 28.8. The van der Waals surface area contributed by atoms with Crippen molar-refractivity contribution in [3.05, 3.63) is 65.2 Å². The van der Waals surface area contributed by atoms with Crippen molar-refractivity contribution >= 4 is 35.2 Å². The number of carbonyl (C=O) groups is 2. The molecule has 2 rings (SSSR count). The summed E-state index contributed by atoms with van der Waals surface area (Å²) in [6.45, 7) is 6.23. The van der Waals surface area contributed by atoms with Crippen LogP contribution in [0.3, 0.4) is 0 Å². The molecule has 156 valence electrons. The normalized spacial score (nSPS) is 12.8. The van der Waals surface area contributed by atoms with E-state index in [0.29, 0.717) is 18.0 Å². The zero-order valence-electron chi connectivity index (χ0n) is 17.2. The van der Waals surface area contributed by atoms with Crippen LogP contribution in [0.25, 0.3) is 0 Å². The van der Waals surface area contributed by atoms with Gasteiger partial charge in [0, 0.05) is 22.5 Å². The molecule has 0 aliphatic rings. The Kier molecular flexibility index (Phi) is 9.55. The highest BCUT2D eigenvalue weighted by Crippen LogP contribution is 2.22. The van der Waals surface area contributed by atoms with Crippen molar-refractivity contribution in [1.82, 2.24) is 10.2 Å². The summed E-state index contributed by atoms with van der Waals surface area (Å²) in [7, 11) is 0. The molecule has 6 heteroatoms. The number of benzene rings is 2. The van der Waals surface area contributed by atoms with Crippen molar-refractivity contribution in [3.63, 3.8) is 0 Å². The minimum Gasteiger partial charge on any atom is -0.352 e. The van der Waals surface area contributed by atoms with E-state index in [0.717, 1.165) is 16.9 Å². The summed E-state index contributed by atoms with van der Waals surface area (Å²) in [5, 5.41) is 3.61. The van der Waals surface area contributed by atoms with Crippen LogP contribution in [0, 0.1) is 0 Å². The maximum Gasteiger partial charge on any atom is 0.243 e. The van der Waals surface area contributed by atoms with Gasteiger partial charge in [-0.2, -0.15) is 0 Å². The molecule has 0 unspecified atom stereocenters. The highest BCUT2D eigenvalue weighted by molar-refractivity contribution is 8.00. The second-order valence-corrected chi connectivity index (χ2v) is 8.41. The van der Waals surface area contributed by atoms with E-state index in [9.17, 15) is 9.59 Å². The fourth-order valence-electron chi connectivity index (χ4n) is 2.92. The third-order valence-corrected chi connectivity index (χ3v) is 6.16. The van der Waals surface area contributed by atoms with Crippen LogP contribution >= 0.6 is 23.4 Å². The van der Waals surface area contributed by atoms with Crippen molar-refractivity contribution in [1.29, 1.82) is 0 Å². The largest absolute Gasteiger partial charge is 0.352 e. The Hall–Kier alpha value is -1.98. The molecule has 0 aliphatic carbocycles. The number of nitrogens with zero attached hydrogens (tertiary/aromatic N) is 1. The van der Waals surface area contributed by atoms with E-state index >= 15 is 0 Å². The van der Waals surface area contributed by atoms with Crippen LogP contribution in [0.15, 0.2) is 59.5 Å². The molecule has 4 nitrogen and oxygen atoms in total. The van der Waals surface area contributed by atoms with Crippen molar-refractivity contribution < 1.29 is 9.59 Å². The first kappa shape index (κ1) is 23.3. The van der Waals surface area contributed by atoms with E-state index in [1.54, 1.807) is 11.0 Å². The van der Waals surface area contributed by atoms with Gasteiger partial charge >= 0.3 is 0 Å². The molecule has 1 N–H and O–H groups in total. The fourth-order valence-corrected chi connectivity index (χ4v) is 3.92. The van der Waals surface area contributed by atoms with Gasteiger partial charge in [0.05, 0.1) is 5.75 Å². The van der Waals surface area contributed by atoms with E-state index in [1.807, 2.05) is 69.3 Å². The number of rotatable bonds is 10. The first-order valence-corrected chi connectivity index (χ1v) is 11.3. The number of amides is 2. The molecule has 0 fully saturated rings.